The molecule has 2 amide bonds. The van der Waals surface area contributed by atoms with Gasteiger partial charge in [-0.05, 0) is 69.3 Å². The van der Waals surface area contributed by atoms with Gasteiger partial charge in [0, 0.05) is 30.6 Å². The summed E-state index contributed by atoms with van der Waals surface area (Å²) in [4.78, 5) is 44.2. The first-order chi connectivity index (χ1) is 23.5. The van der Waals surface area contributed by atoms with E-state index < -0.39 is 41.6 Å². The lowest BCUT2D eigenvalue weighted by atomic mass is 9.37. The molecule has 8 atom stereocenters. The van der Waals surface area contributed by atoms with Gasteiger partial charge >= 0.3 is 5.97 Å². The molecular formula is C39H49N3O7. The van der Waals surface area contributed by atoms with Crippen LogP contribution in [0.3, 0.4) is 0 Å². The van der Waals surface area contributed by atoms with E-state index in [0.29, 0.717) is 18.6 Å². The molecule has 4 bridgehead atoms. The maximum Gasteiger partial charge on any atom is 0.328 e. The van der Waals surface area contributed by atoms with Crippen LogP contribution in [0.25, 0.3) is 0 Å². The van der Waals surface area contributed by atoms with E-state index in [2.05, 4.69) is 40.8 Å². The van der Waals surface area contributed by atoms with Crippen molar-refractivity contribution in [2.45, 2.75) is 88.1 Å². The van der Waals surface area contributed by atoms with Crippen LogP contribution in [-0.2, 0) is 42.1 Å². The molecule has 0 radical (unpaired) electrons. The van der Waals surface area contributed by atoms with E-state index in [1.165, 1.54) is 11.1 Å². The molecule has 10 heteroatoms. The molecule has 2 heterocycles. The Balaban J connectivity index is 1.25. The van der Waals surface area contributed by atoms with Gasteiger partial charge < -0.3 is 34.5 Å². The summed E-state index contributed by atoms with van der Waals surface area (Å²) in [6.07, 6.45) is 6.86. The molecule has 2 fully saturated rings. The Morgan fingerprint density at radius 1 is 1.04 bits per heavy atom. The first-order valence-electron chi connectivity index (χ1n) is 17.7. The minimum atomic E-state index is -1.08. The third-order valence-electron chi connectivity index (χ3n) is 12.1. The highest BCUT2D eigenvalue weighted by atomic mass is 16.6. The van der Waals surface area contributed by atoms with E-state index in [0.717, 1.165) is 30.7 Å². The summed E-state index contributed by atoms with van der Waals surface area (Å²) in [6.45, 7) is 6.84. The first-order valence-corrected chi connectivity index (χ1v) is 17.7. The van der Waals surface area contributed by atoms with Gasteiger partial charge in [0.05, 0.1) is 25.0 Å². The molecule has 2 N–H and O–H groups in total. The molecule has 49 heavy (non-hydrogen) atoms. The van der Waals surface area contributed by atoms with Crippen molar-refractivity contribution < 1.29 is 33.3 Å². The number of likely N-dealkylation sites (N-methyl/N-ethyl adjacent to an activating group) is 1. The third-order valence-corrected chi connectivity index (χ3v) is 12.1. The first kappa shape index (κ1) is 33.6. The molecule has 1 saturated heterocycles. The number of benzene rings is 2. The lowest BCUT2D eigenvalue weighted by Crippen LogP contribution is -2.80. The third kappa shape index (κ3) is 4.92. The van der Waals surface area contributed by atoms with Gasteiger partial charge in [0.25, 0.3) is 0 Å². The predicted molar refractivity (Wildman–Crippen MR) is 183 cm³/mol. The van der Waals surface area contributed by atoms with Crippen LogP contribution in [0, 0.1) is 17.3 Å². The number of likely N-dealkylation sites (tertiary alicyclic amines) is 1. The number of methoxy groups -OCH3 is 2. The average molecular weight is 672 g/mol. The standard InChI is InChI=1S/C39H49N3O7/c1-7-48-35(45)28(19-23(2)3)41-34(44)27(20-24-11-9-8-10-12-24)40-33(43)26-22-37-15-16-39(26,47-6)36-38(37)17-18-42(4)30(37)21-25-13-14-29(46-5)32(49-36)31(25)38/h8-16,23,26-28,30,36H,7,17-22H2,1-6H3,(H,40,43)(H,41,44). The molecule has 2 aliphatic heterocycles. The van der Waals surface area contributed by atoms with Crippen LogP contribution in [0.1, 0.15) is 56.7 Å². The number of piperidine rings is 1. The Labute approximate surface area is 288 Å². The zero-order chi connectivity index (χ0) is 34.7. The van der Waals surface area contributed by atoms with Gasteiger partial charge in [-0.25, -0.2) is 4.79 Å². The second-order valence-corrected chi connectivity index (χ2v) is 14.9. The van der Waals surface area contributed by atoms with Crippen LogP contribution in [0.2, 0.25) is 0 Å². The van der Waals surface area contributed by atoms with Gasteiger partial charge in [-0.15, -0.1) is 0 Å². The monoisotopic (exact) mass is 671 g/mol. The fraction of sp³-hybridized carbons (Fsp3) is 0.564. The number of carbonyl (C=O) groups is 3. The second kappa shape index (κ2) is 12.5. The summed E-state index contributed by atoms with van der Waals surface area (Å²) in [6, 6.07) is 12.2. The fourth-order valence-corrected chi connectivity index (χ4v) is 10.0. The minimum absolute atomic E-state index is 0.136. The number of nitrogens with one attached hydrogen (secondary N) is 2. The summed E-state index contributed by atoms with van der Waals surface area (Å²) >= 11 is 0. The van der Waals surface area contributed by atoms with Crippen molar-refractivity contribution >= 4 is 17.8 Å². The molecule has 8 rings (SSSR count). The number of esters is 1. The summed E-state index contributed by atoms with van der Waals surface area (Å²) in [5.74, 6) is -0.226. The lowest BCUT2D eigenvalue weighted by molar-refractivity contribution is -0.214. The maximum atomic E-state index is 14.8. The molecule has 0 aromatic heterocycles. The SMILES string of the molecule is CCOC(=O)C(CC(C)C)NC(=O)C(Cc1ccccc1)NC(=O)C1CC23C=CC1(OC)C1Oc4c(OC)ccc5c4C12CCN(C)C3C5. The van der Waals surface area contributed by atoms with Gasteiger partial charge in [0.2, 0.25) is 11.8 Å². The van der Waals surface area contributed by atoms with Crippen LogP contribution in [0.4, 0.5) is 0 Å². The number of hydrogen-bond acceptors (Lipinski definition) is 8. The van der Waals surface area contributed by atoms with Crippen LogP contribution in [-0.4, -0.2) is 86.9 Å². The maximum absolute atomic E-state index is 14.8. The average Bonchev–Trinajstić information content (AvgIpc) is 3.47. The number of ether oxygens (including phenoxy) is 4. The van der Waals surface area contributed by atoms with Crippen molar-refractivity contribution in [3.63, 3.8) is 0 Å². The van der Waals surface area contributed by atoms with Gasteiger partial charge in [-0.3, -0.25) is 9.59 Å². The smallest absolute Gasteiger partial charge is 0.328 e. The van der Waals surface area contributed by atoms with Crippen molar-refractivity contribution in [1.29, 1.82) is 0 Å². The molecule has 1 saturated carbocycles. The molecule has 2 spiro atoms. The normalized spacial score (nSPS) is 31.4. The zero-order valence-corrected chi connectivity index (χ0v) is 29.4. The molecule has 8 unspecified atom stereocenters. The molecule has 6 aliphatic rings. The highest BCUT2D eigenvalue weighted by Crippen LogP contribution is 2.74. The van der Waals surface area contributed by atoms with Gasteiger partial charge in [-0.2, -0.15) is 0 Å². The topological polar surface area (TPSA) is 115 Å². The number of carbonyl (C=O) groups excluding carboxylic acids is 3. The zero-order valence-electron chi connectivity index (χ0n) is 29.4. The largest absolute Gasteiger partial charge is 0.493 e. The Morgan fingerprint density at radius 2 is 1.82 bits per heavy atom. The fourth-order valence-electron chi connectivity index (χ4n) is 10.0. The van der Waals surface area contributed by atoms with Gasteiger partial charge in [0.15, 0.2) is 11.5 Å². The van der Waals surface area contributed by atoms with E-state index in [1.54, 1.807) is 21.1 Å². The minimum Gasteiger partial charge on any atom is -0.493 e. The number of nitrogens with zero attached hydrogens (tertiary/aromatic N) is 1. The van der Waals surface area contributed by atoms with Crippen molar-refractivity contribution in [3.8, 4) is 11.5 Å². The number of hydrogen-bond donors (Lipinski definition) is 2. The van der Waals surface area contributed by atoms with E-state index in [1.807, 2.05) is 50.2 Å². The predicted octanol–water partition coefficient (Wildman–Crippen LogP) is 3.74. The molecule has 262 valence electrons. The van der Waals surface area contributed by atoms with Gasteiger partial charge in [-0.1, -0.05) is 62.4 Å². The van der Waals surface area contributed by atoms with Crippen LogP contribution < -0.4 is 20.1 Å². The highest BCUT2D eigenvalue weighted by Gasteiger charge is 2.79. The number of rotatable bonds is 12. The van der Waals surface area contributed by atoms with Crippen LogP contribution in [0.15, 0.2) is 54.6 Å². The Morgan fingerprint density at radius 3 is 2.51 bits per heavy atom. The summed E-state index contributed by atoms with van der Waals surface area (Å²) in [5, 5.41) is 6.08. The van der Waals surface area contributed by atoms with Crippen molar-refractivity contribution in [3.05, 3.63) is 71.3 Å². The Hall–Kier alpha value is -3.89. The van der Waals surface area contributed by atoms with E-state index in [9.17, 15) is 14.4 Å². The Bertz CT molecular complexity index is 1660. The van der Waals surface area contributed by atoms with Crippen LogP contribution in [0.5, 0.6) is 11.5 Å². The lowest BCUT2D eigenvalue weighted by Gasteiger charge is -2.70. The van der Waals surface area contributed by atoms with Crippen molar-refractivity contribution in [2.75, 3.05) is 34.4 Å². The highest BCUT2D eigenvalue weighted by molar-refractivity contribution is 5.92. The molecular weight excluding hydrogens is 622 g/mol. The number of amides is 2. The quantitative estimate of drug-likeness (QED) is 0.259. The number of fused-ring (bicyclic) bond motifs is 1. The summed E-state index contributed by atoms with van der Waals surface area (Å²) in [7, 11) is 5.50. The Kier molecular flexibility index (Phi) is 8.54. The molecule has 4 aliphatic carbocycles. The molecule has 2 aromatic rings. The summed E-state index contributed by atoms with van der Waals surface area (Å²) < 4.78 is 24.6. The van der Waals surface area contributed by atoms with Gasteiger partial charge in [0.1, 0.15) is 23.8 Å². The van der Waals surface area contributed by atoms with E-state index in [-0.39, 0.29) is 41.7 Å². The summed E-state index contributed by atoms with van der Waals surface area (Å²) in [5.41, 5.74) is 1.52. The van der Waals surface area contributed by atoms with E-state index in [4.69, 9.17) is 18.9 Å². The van der Waals surface area contributed by atoms with Crippen molar-refractivity contribution in [2.24, 2.45) is 17.3 Å². The second-order valence-electron chi connectivity index (χ2n) is 14.9. The van der Waals surface area contributed by atoms with Crippen molar-refractivity contribution in [1.82, 2.24) is 15.5 Å². The van der Waals surface area contributed by atoms with E-state index >= 15 is 0 Å². The molecule has 2 aromatic carbocycles. The molecule has 10 nitrogen and oxygen atoms in total. The van der Waals surface area contributed by atoms with Crippen LogP contribution >= 0.6 is 0 Å².